The van der Waals surface area contributed by atoms with Gasteiger partial charge in [0.05, 0.1) is 18.8 Å². The number of benzene rings is 3. The first kappa shape index (κ1) is 21.8. The molecule has 0 fully saturated rings. The second-order valence-electron chi connectivity index (χ2n) is 6.51. The zero-order valence-corrected chi connectivity index (χ0v) is 16.7. The smallest absolute Gasteiger partial charge is 0.255 e. The Morgan fingerprint density at radius 2 is 1.52 bits per heavy atom. The molecule has 0 saturated carbocycles. The number of carbonyl (C=O) groups is 2. The number of hydrogen-bond acceptors (Lipinski definition) is 4. The van der Waals surface area contributed by atoms with Crippen molar-refractivity contribution < 1.29 is 23.1 Å². The fraction of sp³-hybridized carbons (Fsp3) is 0.130. The molecule has 31 heavy (non-hydrogen) atoms. The summed E-state index contributed by atoms with van der Waals surface area (Å²) in [4.78, 5) is 24.4. The number of anilines is 3. The third kappa shape index (κ3) is 6.27. The summed E-state index contributed by atoms with van der Waals surface area (Å²) in [7, 11) is 0. The molecule has 0 saturated heterocycles. The Bertz CT molecular complexity index is 1050. The van der Waals surface area contributed by atoms with Crippen LogP contribution in [0.3, 0.4) is 0 Å². The van der Waals surface area contributed by atoms with E-state index in [-0.39, 0.29) is 18.1 Å². The fourth-order valence-electron chi connectivity index (χ4n) is 2.72. The van der Waals surface area contributed by atoms with Crippen LogP contribution in [-0.2, 0) is 4.79 Å². The number of nitrogens with one attached hydrogen (secondary N) is 3. The highest BCUT2D eigenvalue weighted by Gasteiger charge is 2.09. The molecule has 0 unspecified atom stereocenters. The van der Waals surface area contributed by atoms with Gasteiger partial charge in [-0.2, -0.15) is 0 Å². The lowest BCUT2D eigenvalue weighted by atomic mass is 10.2. The summed E-state index contributed by atoms with van der Waals surface area (Å²) >= 11 is 0. The van der Waals surface area contributed by atoms with Crippen LogP contribution in [0.5, 0.6) is 5.75 Å². The van der Waals surface area contributed by atoms with Gasteiger partial charge in [-0.05, 0) is 73.7 Å². The van der Waals surface area contributed by atoms with E-state index in [1.165, 1.54) is 0 Å². The SMILES string of the molecule is CCOc1ccc(NC(=O)c2ccc(NC(=O)CNc3cc(F)ccc3F)cc2)cc1. The third-order valence-electron chi connectivity index (χ3n) is 4.22. The first-order chi connectivity index (χ1) is 14.9. The predicted octanol–water partition coefficient (Wildman–Crippen LogP) is 4.67. The zero-order chi connectivity index (χ0) is 22.2. The van der Waals surface area contributed by atoms with Gasteiger partial charge in [0.25, 0.3) is 5.91 Å². The minimum Gasteiger partial charge on any atom is -0.494 e. The summed E-state index contributed by atoms with van der Waals surface area (Å²) in [5.74, 6) is -1.30. The Balaban J connectivity index is 1.52. The molecular weight excluding hydrogens is 404 g/mol. The average Bonchev–Trinajstić information content (AvgIpc) is 2.76. The van der Waals surface area contributed by atoms with Gasteiger partial charge in [0, 0.05) is 16.9 Å². The maximum atomic E-state index is 13.6. The lowest BCUT2D eigenvalue weighted by Gasteiger charge is -2.10. The Labute approximate surface area is 178 Å². The van der Waals surface area contributed by atoms with E-state index in [4.69, 9.17) is 4.74 Å². The van der Waals surface area contributed by atoms with Gasteiger partial charge in [-0.25, -0.2) is 8.78 Å². The molecule has 8 heteroatoms. The molecule has 0 aromatic heterocycles. The number of rotatable bonds is 8. The molecule has 0 atom stereocenters. The topological polar surface area (TPSA) is 79.5 Å². The molecule has 160 valence electrons. The first-order valence-electron chi connectivity index (χ1n) is 9.57. The van der Waals surface area contributed by atoms with Crippen molar-refractivity contribution in [2.45, 2.75) is 6.92 Å². The quantitative estimate of drug-likeness (QED) is 0.490. The summed E-state index contributed by atoms with van der Waals surface area (Å²) < 4.78 is 32.1. The Kier molecular flexibility index (Phi) is 7.16. The van der Waals surface area contributed by atoms with Gasteiger partial charge in [0.2, 0.25) is 5.91 Å². The highest BCUT2D eigenvalue weighted by Crippen LogP contribution is 2.18. The maximum absolute atomic E-state index is 13.6. The van der Waals surface area contributed by atoms with E-state index in [1.807, 2.05) is 6.92 Å². The van der Waals surface area contributed by atoms with Crippen LogP contribution in [0, 0.1) is 11.6 Å². The Morgan fingerprint density at radius 3 is 2.19 bits per heavy atom. The lowest BCUT2D eigenvalue weighted by Crippen LogP contribution is -2.22. The molecule has 0 bridgehead atoms. The molecule has 0 aliphatic carbocycles. The standard InChI is InChI=1S/C23H21F2N3O3/c1-2-31-19-10-8-18(9-11-19)28-23(30)15-3-6-17(7-4-15)27-22(29)14-26-21-13-16(24)5-12-20(21)25/h3-13,26H,2,14H2,1H3,(H,27,29)(H,28,30). The second kappa shape index (κ2) is 10.2. The molecule has 0 spiro atoms. The molecule has 0 radical (unpaired) electrons. The molecule has 0 heterocycles. The van der Waals surface area contributed by atoms with Crippen molar-refractivity contribution in [2.24, 2.45) is 0 Å². The van der Waals surface area contributed by atoms with Crippen molar-refractivity contribution >= 4 is 28.9 Å². The van der Waals surface area contributed by atoms with Crippen LogP contribution in [0.1, 0.15) is 17.3 Å². The summed E-state index contributed by atoms with van der Waals surface area (Å²) in [6.45, 7) is 2.20. The van der Waals surface area contributed by atoms with E-state index in [1.54, 1.807) is 48.5 Å². The average molecular weight is 425 g/mol. The van der Waals surface area contributed by atoms with E-state index in [2.05, 4.69) is 16.0 Å². The molecule has 3 N–H and O–H groups in total. The van der Waals surface area contributed by atoms with Gasteiger partial charge < -0.3 is 20.7 Å². The summed E-state index contributed by atoms with van der Waals surface area (Å²) in [5.41, 5.74) is 1.40. The van der Waals surface area contributed by atoms with Crippen LogP contribution in [0.4, 0.5) is 25.8 Å². The van der Waals surface area contributed by atoms with Gasteiger partial charge >= 0.3 is 0 Å². The van der Waals surface area contributed by atoms with Gasteiger partial charge in [0.15, 0.2) is 0 Å². The fourth-order valence-corrected chi connectivity index (χ4v) is 2.72. The van der Waals surface area contributed by atoms with Gasteiger partial charge in [-0.1, -0.05) is 0 Å². The highest BCUT2D eigenvalue weighted by atomic mass is 19.1. The molecule has 0 aliphatic heterocycles. The number of amides is 2. The number of ether oxygens (including phenoxy) is 1. The van der Waals surface area contributed by atoms with Crippen LogP contribution in [-0.4, -0.2) is 25.0 Å². The van der Waals surface area contributed by atoms with E-state index in [0.29, 0.717) is 23.5 Å². The van der Waals surface area contributed by atoms with Crippen LogP contribution < -0.4 is 20.7 Å². The molecule has 3 rings (SSSR count). The van der Waals surface area contributed by atoms with Crippen molar-refractivity contribution in [1.82, 2.24) is 0 Å². The maximum Gasteiger partial charge on any atom is 0.255 e. The lowest BCUT2D eigenvalue weighted by molar-refractivity contribution is -0.114. The Hall–Kier alpha value is -3.94. The van der Waals surface area contributed by atoms with E-state index in [9.17, 15) is 18.4 Å². The molecule has 3 aromatic carbocycles. The van der Waals surface area contributed by atoms with Gasteiger partial charge in [-0.3, -0.25) is 9.59 Å². The van der Waals surface area contributed by atoms with E-state index < -0.39 is 17.5 Å². The van der Waals surface area contributed by atoms with Crippen molar-refractivity contribution in [1.29, 1.82) is 0 Å². The minimum atomic E-state index is -0.655. The van der Waals surface area contributed by atoms with Crippen LogP contribution in [0.25, 0.3) is 0 Å². The Morgan fingerprint density at radius 1 is 0.871 bits per heavy atom. The summed E-state index contributed by atoms with van der Waals surface area (Å²) in [5, 5.41) is 7.94. The van der Waals surface area contributed by atoms with E-state index >= 15 is 0 Å². The van der Waals surface area contributed by atoms with Crippen LogP contribution >= 0.6 is 0 Å². The molecule has 0 aliphatic rings. The summed E-state index contributed by atoms with van der Waals surface area (Å²) in [6.07, 6.45) is 0. The summed E-state index contributed by atoms with van der Waals surface area (Å²) in [6, 6.07) is 16.3. The van der Waals surface area contributed by atoms with Gasteiger partial charge in [0.1, 0.15) is 17.4 Å². The van der Waals surface area contributed by atoms with Crippen molar-refractivity contribution in [3.05, 3.63) is 83.9 Å². The van der Waals surface area contributed by atoms with Crippen LogP contribution in [0.15, 0.2) is 66.7 Å². The number of hydrogen-bond donors (Lipinski definition) is 3. The minimum absolute atomic E-state index is 0.101. The van der Waals surface area contributed by atoms with Crippen molar-refractivity contribution in [3.8, 4) is 5.75 Å². The third-order valence-corrected chi connectivity index (χ3v) is 4.22. The molecule has 6 nitrogen and oxygen atoms in total. The normalized spacial score (nSPS) is 10.3. The molecule has 3 aromatic rings. The predicted molar refractivity (Wildman–Crippen MR) is 115 cm³/mol. The largest absolute Gasteiger partial charge is 0.494 e. The zero-order valence-electron chi connectivity index (χ0n) is 16.7. The number of carbonyl (C=O) groups excluding carboxylic acids is 2. The molecular formula is C23H21F2N3O3. The van der Waals surface area contributed by atoms with E-state index in [0.717, 1.165) is 23.9 Å². The monoisotopic (exact) mass is 425 g/mol. The molecule has 2 amide bonds. The number of halogens is 2. The first-order valence-corrected chi connectivity index (χ1v) is 9.57. The van der Waals surface area contributed by atoms with Crippen LogP contribution in [0.2, 0.25) is 0 Å². The van der Waals surface area contributed by atoms with Crippen molar-refractivity contribution in [3.63, 3.8) is 0 Å². The van der Waals surface area contributed by atoms with Crippen molar-refractivity contribution in [2.75, 3.05) is 29.1 Å². The highest BCUT2D eigenvalue weighted by molar-refractivity contribution is 6.04. The second-order valence-corrected chi connectivity index (χ2v) is 6.51. The van der Waals surface area contributed by atoms with Gasteiger partial charge in [-0.15, -0.1) is 0 Å².